The van der Waals surface area contributed by atoms with Gasteiger partial charge in [0.15, 0.2) is 0 Å². The second kappa shape index (κ2) is 11.5. The van der Waals surface area contributed by atoms with Gasteiger partial charge < -0.3 is 19.3 Å². The van der Waals surface area contributed by atoms with E-state index in [0.717, 1.165) is 43.3 Å². The van der Waals surface area contributed by atoms with Crippen LogP contribution >= 0.6 is 0 Å². The summed E-state index contributed by atoms with van der Waals surface area (Å²) in [5.74, 6) is 0.431. The number of nitrogens with zero attached hydrogens (tertiary/aromatic N) is 5. The molecule has 0 aliphatic carbocycles. The molecule has 0 radical (unpaired) electrons. The van der Waals surface area contributed by atoms with Crippen LogP contribution in [0.15, 0.2) is 90.0 Å². The van der Waals surface area contributed by atoms with Crippen LogP contribution in [0.25, 0.3) is 5.69 Å². The van der Waals surface area contributed by atoms with Crippen molar-refractivity contribution in [1.82, 2.24) is 14.3 Å². The fraction of sp³-hybridized carbons (Fsp3) is 0.300. The van der Waals surface area contributed by atoms with E-state index in [2.05, 4.69) is 27.0 Å². The first-order valence-corrected chi connectivity index (χ1v) is 13.1. The standard InChI is InChI=1S/C30H33N5O4/c1-22(23(2)39-29(36)24-7-5-4-6-8-24)35-30(37)34(21-31-35)27-11-9-25(10-12-27)32-17-19-33(20-18-32)26-13-15-28(38-3)16-14-26/h4-16,21-23H,17-20H2,1-3H3/t22-,23?/m0/s1. The SMILES string of the molecule is COc1ccc(N2CCN(c3ccc(-n4cnn([C@@H](C)C(C)OC(=O)c5ccccc5)c4=O)cc3)CC2)cc1. The minimum Gasteiger partial charge on any atom is -0.497 e. The molecule has 4 aromatic rings. The average molecular weight is 528 g/mol. The lowest BCUT2D eigenvalue weighted by atomic mass is 10.2. The molecule has 9 nitrogen and oxygen atoms in total. The second-order valence-corrected chi connectivity index (χ2v) is 9.63. The average Bonchev–Trinajstić information content (AvgIpc) is 3.38. The van der Waals surface area contributed by atoms with E-state index in [1.165, 1.54) is 21.3 Å². The van der Waals surface area contributed by atoms with Crippen LogP contribution in [-0.2, 0) is 4.74 Å². The number of hydrogen-bond donors (Lipinski definition) is 0. The van der Waals surface area contributed by atoms with Crippen LogP contribution in [0.1, 0.15) is 30.2 Å². The van der Waals surface area contributed by atoms with Gasteiger partial charge in [0, 0.05) is 37.6 Å². The molecule has 9 heteroatoms. The third-order valence-corrected chi connectivity index (χ3v) is 7.27. The van der Waals surface area contributed by atoms with E-state index in [9.17, 15) is 9.59 Å². The molecule has 1 saturated heterocycles. The number of methoxy groups -OCH3 is 1. The monoisotopic (exact) mass is 527 g/mol. The Bertz CT molecular complexity index is 1440. The van der Waals surface area contributed by atoms with Gasteiger partial charge in [0.2, 0.25) is 0 Å². The Balaban J connectivity index is 1.21. The number of esters is 1. The van der Waals surface area contributed by atoms with Gasteiger partial charge >= 0.3 is 11.7 Å². The molecule has 0 N–H and O–H groups in total. The van der Waals surface area contributed by atoms with Crippen molar-refractivity contribution in [1.29, 1.82) is 0 Å². The van der Waals surface area contributed by atoms with E-state index in [4.69, 9.17) is 9.47 Å². The number of piperazine rings is 1. The van der Waals surface area contributed by atoms with Crippen molar-refractivity contribution < 1.29 is 14.3 Å². The van der Waals surface area contributed by atoms with Crippen LogP contribution in [0.5, 0.6) is 5.75 Å². The molecule has 0 amide bonds. The summed E-state index contributed by atoms with van der Waals surface area (Å²) in [5, 5.41) is 4.31. The lowest BCUT2D eigenvalue weighted by Crippen LogP contribution is -2.46. The van der Waals surface area contributed by atoms with Crippen molar-refractivity contribution in [2.75, 3.05) is 43.1 Å². The first-order chi connectivity index (χ1) is 18.9. The number of anilines is 2. The van der Waals surface area contributed by atoms with Gasteiger partial charge in [-0.05, 0) is 74.5 Å². The van der Waals surface area contributed by atoms with Gasteiger partial charge in [-0.15, -0.1) is 0 Å². The summed E-state index contributed by atoms with van der Waals surface area (Å²) in [5.41, 5.74) is 3.22. The lowest BCUT2D eigenvalue weighted by Gasteiger charge is -2.37. The Labute approximate surface area is 227 Å². The minimum atomic E-state index is -0.544. The lowest BCUT2D eigenvalue weighted by molar-refractivity contribution is 0.0216. The van der Waals surface area contributed by atoms with Gasteiger partial charge in [-0.25, -0.2) is 18.8 Å². The summed E-state index contributed by atoms with van der Waals surface area (Å²) in [6, 6.07) is 24.5. The number of aromatic nitrogens is 3. The van der Waals surface area contributed by atoms with Crippen LogP contribution in [0.3, 0.4) is 0 Å². The van der Waals surface area contributed by atoms with E-state index in [0.29, 0.717) is 5.56 Å². The highest BCUT2D eigenvalue weighted by Gasteiger charge is 2.23. The molecular formula is C30H33N5O4. The van der Waals surface area contributed by atoms with Gasteiger partial charge in [-0.3, -0.25) is 0 Å². The fourth-order valence-electron chi connectivity index (χ4n) is 4.72. The molecule has 2 heterocycles. The Morgan fingerprint density at radius 3 is 1.90 bits per heavy atom. The van der Waals surface area contributed by atoms with Gasteiger partial charge in [0.1, 0.15) is 18.2 Å². The summed E-state index contributed by atoms with van der Waals surface area (Å²) >= 11 is 0. The van der Waals surface area contributed by atoms with E-state index < -0.39 is 18.1 Å². The predicted octanol–water partition coefficient (Wildman–Crippen LogP) is 4.18. The van der Waals surface area contributed by atoms with Crippen molar-refractivity contribution in [2.24, 2.45) is 0 Å². The van der Waals surface area contributed by atoms with Crippen molar-refractivity contribution >= 4 is 17.3 Å². The smallest absolute Gasteiger partial charge is 0.350 e. The molecule has 2 atom stereocenters. The molecule has 0 saturated carbocycles. The highest BCUT2D eigenvalue weighted by atomic mass is 16.5. The summed E-state index contributed by atoms with van der Waals surface area (Å²) in [6.07, 6.45) is 0.963. The predicted molar refractivity (Wildman–Crippen MR) is 151 cm³/mol. The summed E-state index contributed by atoms with van der Waals surface area (Å²) in [6.45, 7) is 7.23. The van der Waals surface area contributed by atoms with E-state index in [1.54, 1.807) is 38.3 Å². The molecular weight excluding hydrogens is 494 g/mol. The molecule has 1 fully saturated rings. The van der Waals surface area contributed by atoms with Crippen LogP contribution < -0.4 is 20.2 Å². The number of hydrogen-bond acceptors (Lipinski definition) is 7. The molecule has 0 spiro atoms. The normalized spacial score (nSPS) is 15.1. The van der Waals surface area contributed by atoms with Crippen molar-refractivity contribution in [3.8, 4) is 11.4 Å². The number of carbonyl (C=O) groups excluding carboxylic acids is 1. The maximum atomic E-state index is 13.2. The molecule has 1 aromatic heterocycles. The van der Waals surface area contributed by atoms with Crippen LogP contribution in [0.4, 0.5) is 11.4 Å². The Hall–Kier alpha value is -4.53. The molecule has 1 unspecified atom stereocenters. The second-order valence-electron chi connectivity index (χ2n) is 9.63. The van der Waals surface area contributed by atoms with Crippen LogP contribution in [-0.4, -0.2) is 59.7 Å². The summed E-state index contributed by atoms with van der Waals surface area (Å²) < 4.78 is 13.7. The Morgan fingerprint density at radius 1 is 0.795 bits per heavy atom. The quantitative estimate of drug-likeness (QED) is 0.318. The van der Waals surface area contributed by atoms with E-state index in [-0.39, 0.29) is 5.69 Å². The number of rotatable bonds is 8. The molecule has 1 aliphatic heterocycles. The highest BCUT2D eigenvalue weighted by Crippen LogP contribution is 2.24. The van der Waals surface area contributed by atoms with Crippen molar-refractivity contribution in [3.63, 3.8) is 0 Å². The fourth-order valence-corrected chi connectivity index (χ4v) is 4.72. The zero-order valence-corrected chi connectivity index (χ0v) is 22.4. The molecule has 3 aromatic carbocycles. The van der Waals surface area contributed by atoms with Crippen LogP contribution in [0.2, 0.25) is 0 Å². The molecule has 1 aliphatic rings. The van der Waals surface area contributed by atoms with E-state index >= 15 is 0 Å². The molecule has 5 rings (SSSR count). The molecule has 202 valence electrons. The zero-order chi connectivity index (χ0) is 27.4. The first kappa shape index (κ1) is 26.1. The maximum absolute atomic E-state index is 13.2. The van der Waals surface area contributed by atoms with Gasteiger partial charge in [-0.2, -0.15) is 5.10 Å². The van der Waals surface area contributed by atoms with Gasteiger partial charge in [0.25, 0.3) is 0 Å². The summed E-state index contributed by atoms with van der Waals surface area (Å²) in [4.78, 5) is 30.3. The third kappa shape index (κ3) is 5.67. The Morgan fingerprint density at radius 2 is 1.33 bits per heavy atom. The number of benzene rings is 3. The van der Waals surface area contributed by atoms with E-state index in [1.807, 2.05) is 49.4 Å². The summed E-state index contributed by atoms with van der Waals surface area (Å²) in [7, 11) is 1.68. The highest BCUT2D eigenvalue weighted by molar-refractivity contribution is 5.89. The van der Waals surface area contributed by atoms with Gasteiger partial charge in [-0.1, -0.05) is 18.2 Å². The van der Waals surface area contributed by atoms with Gasteiger partial charge in [0.05, 0.1) is 24.4 Å². The number of ether oxygens (including phenoxy) is 2. The van der Waals surface area contributed by atoms with Crippen LogP contribution in [0, 0.1) is 0 Å². The topological polar surface area (TPSA) is 81.8 Å². The minimum absolute atomic E-state index is 0.286. The zero-order valence-electron chi connectivity index (χ0n) is 22.4. The molecule has 39 heavy (non-hydrogen) atoms. The molecule has 0 bridgehead atoms. The first-order valence-electron chi connectivity index (χ1n) is 13.1. The number of carbonyl (C=O) groups is 1. The third-order valence-electron chi connectivity index (χ3n) is 7.27. The largest absolute Gasteiger partial charge is 0.497 e. The maximum Gasteiger partial charge on any atom is 0.350 e. The Kier molecular flexibility index (Phi) is 7.67. The van der Waals surface area contributed by atoms with Crippen molar-refractivity contribution in [3.05, 3.63) is 101 Å². The van der Waals surface area contributed by atoms with Crippen molar-refractivity contribution in [2.45, 2.75) is 26.0 Å².